The molecule has 0 N–H and O–H groups in total. The molecule has 3 heteroatoms. The zero-order chi connectivity index (χ0) is 8.44. The second kappa shape index (κ2) is 3.05. The molecule has 0 unspecified atom stereocenters. The third-order valence-electron chi connectivity index (χ3n) is 3.17. The lowest BCUT2D eigenvalue weighted by molar-refractivity contribution is -0.117. The molecule has 12 heavy (non-hydrogen) atoms. The largest absolute Gasteiger partial charge is 0.381 e. The quantitative estimate of drug-likeness (QED) is 0.539. The molecule has 1 amide bonds. The van der Waals surface area contributed by atoms with E-state index in [0.717, 1.165) is 45.6 Å². The van der Waals surface area contributed by atoms with Gasteiger partial charge in [-0.3, -0.25) is 4.79 Å². The van der Waals surface area contributed by atoms with Crippen molar-refractivity contribution in [3.05, 3.63) is 0 Å². The molecule has 0 atom stereocenters. The zero-order valence-corrected chi connectivity index (χ0v) is 7.29. The molecular weight excluding hydrogens is 154 g/mol. The van der Waals surface area contributed by atoms with E-state index in [-0.39, 0.29) is 0 Å². The summed E-state index contributed by atoms with van der Waals surface area (Å²) in [5, 5.41) is 0. The SMILES string of the molecule is O=CN1CCC2(CCOCC2)C1. The zero-order valence-electron chi connectivity index (χ0n) is 7.29. The normalized spacial score (nSPS) is 27.8. The highest BCUT2D eigenvalue weighted by Crippen LogP contribution is 2.38. The van der Waals surface area contributed by atoms with Gasteiger partial charge in [0.25, 0.3) is 0 Å². The summed E-state index contributed by atoms with van der Waals surface area (Å²) in [5.74, 6) is 0. The standard InChI is InChI=1S/C9H15NO2/c11-8-10-4-1-9(7-10)2-5-12-6-3-9/h8H,1-7H2. The van der Waals surface area contributed by atoms with Crippen molar-refractivity contribution in [3.63, 3.8) is 0 Å². The Labute approximate surface area is 72.7 Å². The van der Waals surface area contributed by atoms with Crippen LogP contribution in [0.3, 0.4) is 0 Å². The molecule has 2 saturated heterocycles. The smallest absolute Gasteiger partial charge is 0.209 e. The Morgan fingerprint density at radius 1 is 1.25 bits per heavy atom. The molecule has 2 fully saturated rings. The van der Waals surface area contributed by atoms with E-state index in [2.05, 4.69) is 0 Å². The first-order valence-corrected chi connectivity index (χ1v) is 4.62. The van der Waals surface area contributed by atoms with Crippen molar-refractivity contribution in [3.8, 4) is 0 Å². The van der Waals surface area contributed by atoms with Crippen molar-refractivity contribution < 1.29 is 9.53 Å². The van der Waals surface area contributed by atoms with Crippen LogP contribution in [0.5, 0.6) is 0 Å². The van der Waals surface area contributed by atoms with Gasteiger partial charge < -0.3 is 9.64 Å². The summed E-state index contributed by atoms with van der Waals surface area (Å²) in [7, 11) is 0. The van der Waals surface area contributed by atoms with Crippen LogP contribution in [-0.4, -0.2) is 37.6 Å². The van der Waals surface area contributed by atoms with Crippen LogP contribution in [0, 0.1) is 5.41 Å². The van der Waals surface area contributed by atoms with Gasteiger partial charge in [0.15, 0.2) is 0 Å². The molecule has 0 aromatic rings. The van der Waals surface area contributed by atoms with E-state index in [1.54, 1.807) is 0 Å². The van der Waals surface area contributed by atoms with Gasteiger partial charge in [0, 0.05) is 26.3 Å². The molecule has 2 rings (SSSR count). The van der Waals surface area contributed by atoms with Crippen LogP contribution in [0.1, 0.15) is 19.3 Å². The Hall–Kier alpha value is -0.570. The second-order valence-electron chi connectivity index (χ2n) is 3.94. The molecule has 0 aromatic carbocycles. The molecule has 2 aliphatic rings. The van der Waals surface area contributed by atoms with Crippen LogP contribution in [0.4, 0.5) is 0 Å². The van der Waals surface area contributed by atoms with Gasteiger partial charge in [0.1, 0.15) is 0 Å². The Bertz CT molecular complexity index is 175. The van der Waals surface area contributed by atoms with Crippen LogP contribution in [0.15, 0.2) is 0 Å². The summed E-state index contributed by atoms with van der Waals surface area (Å²) in [5.41, 5.74) is 0.416. The minimum Gasteiger partial charge on any atom is -0.381 e. The number of carbonyl (C=O) groups is 1. The molecule has 2 aliphatic heterocycles. The monoisotopic (exact) mass is 169 g/mol. The van der Waals surface area contributed by atoms with Gasteiger partial charge in [-0.2, -0.15) is 0 Å². The molecule has 68 valence electrons. The fraction of sp³-hybridized carbons (Fsp3) is 0.889. The van der Waals surface area contributed by atoms with Crippen LogP contribution < -0.4 is 0 Å². The fourth-order valence-electron chi connectivity index (χ4n) is 2.27. The molecule has 0 bridgehead atoms. The first-order valence-electron chi connectivity index (χ1n) is 4.62. The molecule has 0 saturated carbocycles. The third kappa shape index (κ3) is 1.33. The number of carbonyl (C=O) groups excluding carboxylic acids is 1. The summed E-state index contributed by atoms with van der Waals surface area (Å²) < 4.78 is 5.32. The van der Waals surface area contributed by atoms with E-state index >= 15 is 0 Å². The maximum Gasteiger partial charge on any atom is 0.209 e. The van der Waals surface area contributed by atoms with Gasteiger partial charge in [-0.1, -0.05) is 0 Å². The lowest BCUT2D eigenvalue weighted by atomic mass is 9.80. The van der Waals surface area contributed by atoms with Crippen LogP contribution in [0.25, 0.3) is 0 Å². The van der Waals surface area contributed by atoms with E-state index in [1.165, 1.54) is 6.42 Å². The number of rotatable bonds is 1. The average Bonchev–Trinajstić information content (AvgIpc) is 2.50. The van der Waals surface area contributed by atoms with Crippen LogP contribution >= 0.6 is 0 Å². The summed E-state index contributed by atoms with van der Waals surface area (Å²) in [6.45, 7) is 3.67. The van der Waals surface area contributed by atoms with E-state index in [4.69, 9.17) is 4.74 Å². The van der Waals surface area contributed by atoms with Gasteiger partial charge in [0.2, 0.25) is 6.41 Å². The number of ether oxygens (including phenoxy) is 1. The van der Waals surface area contributed by atoms with Gasteiger partial charge >= 0.3 is 0 Å². The molecule has 0 aromatic heterocycles. The van der Waals surface area contributed by atoms with E-state index in [9.17, 15) is 4.79 Å². The fourth-order valence-corrected chi connectivity index (χ4v) is 2.27. The van der Waals surface area contributed by atoms with Crippen LogP contribution in [0.2, 0.25) is 0 Å². The van der Waals surface area contributed by atoms with E-state index < -0.39 is 0 Å². The topological polar surface area (TPSA) is 29.5 Å². The Balaban J connectivity index is 1.98. The predicted molar refractivity (Wildman–Crippen MR) is 44.7 cm³/mol. The van der Waals surface area contributed by atoms with Gasteiger partial charge in [-0.25, -0.2) is 0 Å². The molecule has 2 heterocycles. The van der Waals surface area contributed by atoms with Crippen molar-refractivity contribution >= 4 is 6.41 Å². The van der Waals surface area contributed by atoms with Crippen molar-refractivity contribution in [1.82, 2.24) is 4.90 Å². The van der Waals surface area contributed by atoms with Gasteiger partial charge in [0.05, 0.1) is 0 Å². The molecule has 3 nitrogen and oxygen atoms in total. The number of amides is 1. The van der Waals surface area contributed by atoms with Crippen LogP contribution in [-0.2, 0) is 9.53 Å². The highest BCUT2D eigenvalue weighted by molar-refractivity contribution is 5.47. The summed E-state index contributed by atoms with van der Waals surface area (Å²) >= 11 is 0. The first kappa shape index (κ1) is 8.05. The van der Waals surface area contributed by atoms with E-state index in [1.807, 2.05) is 4.90 Å². The Morgan fingerprint density at radius 2 is 2.00 bits per heavy atom. The van der Waals surface area contributed by atoms with Crippen molar-refractivity contribution in [2.24, 2.45) is 5.41 Å². The number of hydrogen-bond donors (Lipinski definition) is 0. The van der Waals surface area contributed by atoms with Gasteiger partial charge in [-0.05, 0) is 24.7 Å². The second-order valence-corrected chi connectivity index (χ2v) is 3.94. The average molecular weight is 169 g/mol. The minimum atomic E-state index is 0.416. The van der Waals surface area contributed by atoms with Crippen molar-refractivity contribution in [2.45, 2.75) is 19.3 Å². The lowest BCUT2D eigenvalue weighted by Gasteiger charge is -2.32. The molecule has 1 spiro atoms. The number of nitrogens with zero attached hydrogens (tertiary/aromatic N) is 1. The third-order valence-corrected chi connectivity index (χ3v) is 3.17. The summed E-state index contributed by atoms with van der Waals surface area (Å²) in [6, 6.07) is 0. The van der Waals surface area contributed by atoms with Crippen molar-refractivity contribution in [1.29, 1.82) is 0 Å². The Kier molecular flexibility index (Phi) is 2.05. The summed E-state index contributed by atoms with van der Waals surface area (Å²) in [6.07, 6.45) is 4.42. The predicted octanol–water partition coefficient (Wildman–Crippen LogP) is 0.645. The minimum absolute atomic E-state index is 0.416. The Morgan fingerprint density at radius 3 is 2.58 bits per heavy atom. The summed E-state index contributed by atoms with van der Waals surface area (Å²) in [4.78, 5) is 12.4. The molecule has 0 radical (unpaired) electrons. The maximum atomic E-state index is 10.5. The first-order chi connectivity index (χ1) is 5.85. The molecular formula is C9H15NO2. The van der Waals surface area contributed by atoms with Gasteiger partial charge in [-0.15, -0.1) is 0 Å². The maximum absolute atomic E-state index is 10.5. The highest BCUT2D eigenvalue weighted by atomic mass is 16.5. The number of likely N-dealkylation sites (tertiary alicyclic amines) is 1. The lowest BCUT2D eigenvalue weighted by Crippen LogP contribution is -2.32. The van der Waals surface area contributed by atoms with E-state index in [0.29, 0.717) is 5.41 Å². The highest BCUT2D eigenvalue weighted by Gasteiger charge is 2.38. The van der Waals surface area contributed by atoms with Crippen molar-refractivity contribution in [2.75, 3.05) is 26.3 Å². The number of hydrogen-bond acceptors (Lipinski definition) is 2. The molecule has 0 aliphatic carbocycles.